The Morgan fingerprint density at radius 2 is 0.458 bits per heavy atom. The fraction of sp³-hybridized carbons (Fsp3) is 0.924. The van der Waals surface area contributed by atoms with Gasteiger partial charge >= 0.3 is 17.9 Å². The highest BCUT2D eigenvalue weighted by Gasteiger charge is 2.19. The monoisotopic (exact) mass is 1010 g/mol. The molecule has 0 aromatic carbocycles. The lowest BCUT2D eigenvalue weighted by molar-refractivity contribution is -0.167. The van der Waals surface area contributed by atoms with E-state index in [0.29, 0.717) is 19.3 Å². The first-order valence-electron chi connectivity index (χ1n) is 32.7. The Bertz CT molecular complexity index is 1120. The molecule has 0 rings (SSSR count). The summed E-state index contributed by atoms with van der Waals surface area (Å²) in [4.78, 5) is 38.1. The highest BCUT2D eigenvalue weighted by Crippen LogP contribution is 2.18. The van der Waals surface area contributed by atoms with Gasteiger partial charge in [-0.05, 0) is 44.9 Å². The van der Waals surface area contributed by atoms with E-state index in [1.165, 1.54) is 276 Å². The van der Waals surface area contributed by atoms with Gasteiger partial charge in [-0.1, -0.05) is 322 Å². The van der Waals surface area contributed by atoms with Crippen LogP contribution >= 0.6 is 0 Å². The van der Waals surface area contributed by atoms with E-state index in [2.05, 4.69) is 32.9 Å². The molecular weight excluding hydrogens is 889 g/mol. The summed E-state index contributed by atoms with van der Waals surface area (Å²) < 4.78 is 16.9. The van der Waals surface area contributed by atoms with Crippen molar-refractivity contribution in [2.75, 3.05) is 13.2 Å². The fourth-order valence-corrected chi connectivity index (χ4v) is 10.1. The predicted octanol–water partition coefficient (Wildman–Crippen LogP) is 22.1. The van der Waals surface area contributed by atoms with Crippen molar-refractivity contribution in [2.24, 2.45) is 0 Å². The van der Waals surface area contributed by atoms with Crippen molar-refractivity contribution in [2.45, 2.75) is 380 Å². The molecule has 0 bridgehead atoms. The van der Waals surface area contributed by atoms with Crippen LogP contribution in [0.3, 0.4) is 0 Å². The van der Waals surface area contributed by atoms with Gasteiger partial charge in [-0.2, -0.15) is 0 Å². The lowest BCUT2D eigenvalue weighted by atomic mass is 10.0. The maximum absolute atomic E-state index is 12.8. The third kappa shape index (κ3) is 59.0. The van der Waals surface area contributed by atoms with E-state index in [0.717, 1.165) is 57.8 Å². The van der Waals surface area contributed by atoms with Crippen molar-refractivity contribution in [3.63, 3.8) is 0 Å². The molecule has 6 nitrogen and oxygen atoms in total. The molecule has 1 atom stereocenters. The van der Waals surface area contributed by atoms with E-state index in [-0.39, 0.29) is 31.1 Å². The summed E-state index contributed by atoms with van der Waals surface area (Å²) in [5, 5.41) is 0. The third-order valence-electron chi connectivity index (χ3n) is 15.0. The van der Waals surface area contributed by atoms with Gasteiger partial charge in [-0.3, -0.25) is 14.4 Å². The number of hydrogen-bond donors (Lipinski definition) is 0. The average Bonchev–Trinajstić information content (AvgIpc) is 3.38. The van der Waals surface area contributed by atoms with Gasteiger partial charge in [-0.25, -0.2) is 0 Å². The van der Waals surface area contributed by atoms with Crippen LogP contribution in [0.4, 0.5) is 0 Å². The summed E-state index contributed by atoms with van der Waals surface area (Å²) in [6.45, 7) is 6.69. The Morgan fingerprint density at radius 1 is 0.264 bits per heavy atom. The smallest absolute Gasteiger partial charge is 0.306 e. The molecule has 0 aromatic heterocycles. The Kier molecular flexibility index (Phi) is 60.1. The average molecular weight is 1020 g/mol. The standard InChI is InChI=1S/C66H126O6/c1-4-7-10-13-16-19-22-24-25-26-27-28-29-30-31-32-33-34-35-36-37-38-39-40-41-43-44-47-50-53-56-59-65(68)71-62-63(61-70-64(67)58-55-52-49-46-21-18-15-12-9-6-3)72-66(69)60-57-54-51-48-45-42-23-20-17-14-11-8-5-2/h26-27,63H,4-25,28-62H2,1-3H3/b27-26-. The van der Waals surface area contributed by atoms with Crippen LogP contribution in [0, 0.1) is 0 Å². The minimum atomic E-state index is -0.762. The third-order valence-corrected chi connectivity index (χ3v) is 15.0. The summed E-state index contributed by atoms with van der Waals surface area (Å²) in [6.07, 6.45) is 72.5. The van der Waals surface area contributed by atoms with Crippen LogP contribution < -0.4 is 0 Å². The predicted molar refractivity (Wildman–Crippen MR) is 312 cm³/mol. The summed E-state index contributed by atoms with van der Waals surface area (Å²) in [5.74, 6) is -0.837. The van der Waals surface area contributed by atoms with Crippen LogP contribution in [-0.4, -0.2) is 37.2 Å². The molecule has 0 aliphatic rings. The van der Waals surface area contributed by atoms with Crippen molar-refractivity contribution in [3.8, 4) is 0 Å². The summed E-state index contributed by atoms with van der Waals surface area (Å²) in [6, 6.07) is 0. The zero-order chi connectivity index (χ0) is 52.2. The highest BCUT2D eigenvalue weighted by molar-refractivity contribution is 5.71. The topological polar surface area (TPSA) is 78.9 Å². The zero-order valence-corrected chi connectivity index (χ0v) is 49.0. The summed E-state index contributed by atoms with van der Waals surface area (Å²) in [5.41, 5.74) is 0. The molecule has 0 heterocycles. The maximum Gasteiger partial charge on any atom is 0.306 e. The Morgan fingerprint density at radius 3 is 0.694 bits per heavy atom. The lowest BCUT2D eigenvalue weighted by Gasteiger charge is -2.18. The maximum atomic E-state index is 12.8. The van der Waals surface area contributed by atoms with Gasteiger partial charge < -0.3 is 14.2 Å². The van der Waals surface area contributed by atoms with E-state index in [4.69, 9.17) is 14.2 Å². The number of esters is 3. The molecule has 0 aromatic rings. The fourth-order valence-electron chi connectivity index (χ4n) is 10.1. The number of carbonyl (C=O) groups is 3. The molecule has 72 heavy (non-hydrogen) atoms. The molecule has 0 saturated carbocycles. The molecular formula is C66H126O6. The van der Waals surface area contributed by atoms with Crippen LogP contribution in [0.15, 0.2) is 12.2 Å². The second kappa shape index (κ2) is 61.7. The van der Waals surface area contributed by atoms with Gasteiger partial charge in [0, 0.05) is 19.3 Å². The molecule has 426 valence electrons. The van der Waals surface area contributed by atoms with Gasteiger partial charge in [-0.15, -0.1) is 0 Å². The second-order valence-electron chi connectivity index (χ2n) is 22.4. The lowest BCUT2D eigenvalue weighted by Crippen LogP contribution is -2.30. The Hall–Kier alpha value is -1.85. The second-order valence-corrected chi connectivity index (χ2v) is 22.4. The molecule has 1 unspecified atom stereocenters. The first kappa shape index (κ1) is 70.1. The summed E-state index contributed by atoms with van der Waals surface area (Å²) >= 11 is 0. The van der Waals surface area contributed by atoms with Gasteiger partial charge in [0.15, 0.2) is 6.10 Å². The van der Waals surface area contributed by atoms with Crippen LogP contribution in [0.25, 0.3) is 0 Å². The number of rotatable bonds is 61. The van der Waals surface area contributed by atoms with Crippen LogP contribution in [0.5, 0.6) is 0 Å². The van der Waals surface area contributed by atoms with E-state index >= 15 is 0 Å². The number of ether oxygens (including phenoxy) is 3. The Labute approximate surface area is 450 Å². The molecule has 0 N–H and O–H groups in total. The number of allylic oxidation sites excluding steroid dienone is 2. The normalized spacial score (nSPS) is 12.0. The molecule has 0 spiro atoms. The van der Waals surface area contributed by atoms with E-state index in [9.17, 15) is 14.4 Å². The number of carbonyl (C=O) groups excluding carboxylic acids is 3. The molecule has 0 radical (unpaired) electrons. The van der Waals surface area contributed by atoms with E-state index < -0.39 is 6.10 Å². The molecule has 0 aliphatic heterocycles. The van der Waals surface area contributed by atoms with Crippen molar-refractivity contribution >= 4 is 17.9 Å². The minimum absolute atomic E-state index is 0.0627. The van der Waals surface area contributed by atoms with Crippen molar-refractivity contribution < 1.29 is 28.6 Å². The largest absolute Gasteiger partial charge is 0.462 e. The van der Waals surface area contributed by atoms with Crippen LogP contribution in [0.1, 0.15) is 374 Å². The van der Waals surface area contributed by atoms with Crippen LogP contribution in [0.2, 0.25) is 0 Å². The van der Waals surface area contributed by atoms with E-state index in [1.54, 1.807) is 0 Å². The minimum Gasteiger partial charge on any atom is -0.462 e. The quantitative estimate of drug-likeness (QED) is 0.0261. The van der Waals surface area contributed by atoms with Crippen LogP contribution in [-0.2, 0) is 28.6 Å². The van der Waals surface area contributed by atoms with Crippen molar-refractivity contribution in [3.05, 3.63) is 12.2 Å². The van der Waals surface area contributed by atoms with Crippen molar-refractivity contribution in [1.82, 2.24) is 0 Å². The molecule has 0 aliphatic carbocycles. The van der Waals surface area contributed by atoms with Gasteiger partial charge in [0.1, 0.15) is 13.2 Å². The Balaban J connectivity index is 4.01. The van der Waals surface area contributed by atoms with Gasteiger partial charge in [0.25, 0.3) is 0 Å². The zero-order valence-electron chi connectivity index (χ0n) is 49.0. The van der Waals surface area contributed by atoms with Crippen molar-refractivity contribution in [1.29, 1.82) is 0 Å². The highest BCUT2D eigenvalue weighted by atomic mass is 16.6. The molecule has 6 heteroatoms. The SMILES string of the molecule is CCCCCCCCCC/C=C\CCCCCCCCCCCCCCCCCCCCCC(=O)OCC(COC(=O)CCCCCCCCCCCC)OC(=O)CCCCCCCCCCCCCCC. The first-order chi connectivity index (χ1) is 35.5. The van der Waals surface area contributed by atoms with Gasteiger partial charge in [0.2, 0.25) is 0 Å². The number of unbranched alkanes of at least 4 members (excludes halogenated alkanes) is 48. The number of hydrogen-bond acceptors (Lipinski definition) is 6. The molecule has 0 amide bonds. The molecule has 0 saturated heterocycles. The van der Waals surface area contributed by atoms with Gasteiger partial charge in [0.05, 0.1) is 0 Å². The van der Waals surface area contributed by atoms with E-state index in [1.807, 2.05) is 0 Å². The molecule has 0 fully saturated rings. The first-order valence-corrected chi connectivity index (χ1v) is 32.7. The summed E-state index contributed by atoms with van der Waals surface area (Å²) in [7, 11) is 0.